The van der Waals surface area contributed by atoms with Crippen LogP contribution >= 0.6 is 11.3 Å². The van der Waals surface area contributed by atoms with Crippen molar-refractivity contribution in [1.29, 1.82) is 0 Å². The van der Waals surface area contributed by atoms with E-state index in [0.717, 1.165) is 38.5 Å². The van der Waals surface area contributed by atoms with Gasteiger partial charge in [-0.25, -0.2) is 13.1 Å². The van der Waals surface area contributed by atoms with Gasteiger partial charge in [0.15, 0.2) is 0 Å². The van der Waals surface area contributed by atoms with Crippen LogP contribution in [-0.2, 0) is 26.2 Å². The van der Waals surface area contributed by atoms with E-state index in [4.69, 9.17) is 0 Å². The molecule has 2 amide bonds. The molecule has 10 nitrogen and oxygen atoms in total. The van der Waals surface area contributed by atoms with Crippen molar-refractivity contribution in [2.24, 2.45) is 0 Å². The highest BCUT2D eigenvalue weighted by atomic mass is 32.2. The second kappa shape index (κ2) is 11.7. The van der Waals surface area contributed by atoms with Crippen molar-refractivity contribution in [2.75, 3.05) is 18.0 Å². The van der Waals surface area contributed by atoms with E-state index in [9.17, 15) is 18.0 Å². The summed E-state index contributed by atoms with van der Waals surface area (Å²) in [7, 11) is -3.63. The predicted octanol–water partition coefficient (Wildman–Crippen LogP) is 4.11. The van der Waals surface area contributed by atoms with Gasteiger partial charge in [0, 0.05) is 29.7 Å². The summed E-state index contributed by atoms with van der Waals surface area (Å²) in [5.41, 5.74) is 1.80. The Morgan fingerprint density at radius 3 is 2.41 bits per heavy atom. The maximum atomic E-state index is 14.2. The number of anilines is 1. The molecule has 0 radical (unpaired) electrons. The molecule has 41 heavy (non-hydrogen) atoms. The van der Waals surface area contributed by atoms with Gasteiger partial charge in [-0.05, 0) is 73.5 Å². The Balaban J connectivity index is 1.38. The molecule has 1 saturated carbocycles. The van der Waals surface area contributed by atoms with Crippen molar-refractivity contribution in [3.63, 3.8) is 0 Å². The number of aromatic nitrogens is 3. The molecular formula is C29H32N6O4S2. The number of carbonyl (C=O) groups excluding carboxylic acids is 2. The van der Waals surface area contributed by atoms with Crippen LogP contribution in [-0.4, -0.2) is 58.7 Å². The van der Waals surface area contributed by atoms with Crippen molar-refractivity contribution >= 4 is 49.9 Å². The average Bonchev–Trinajstić information content (AvgIpc) is 3.80. The number of para-hydroxylation sites is 1. The predicted molar refractivity (Wildman–Crippen MR) is 157 cm³/mol. The molecule has 1 aliphatic carbocycles. The normalized spacial score (nSPS) is 17.2. The molecule has 1 N–H and O–H groups in total. The van der Waals surface area contributed by atoms with E-state index in [2.05, 4.69) is 15.6 Å². The van der Waals surface area contributed by atoms with Crippen LogP contribution in [0.5, 0.6) is 0 Å². The van der Waals surface area contributed by atoms with Crippen molar-refractivity contribution in [3.8, 4) is 0 Å². The number of fused-ring (bicyclic) bond motifs is 1. The Morgan fingerprint density at radius 1 is 0.976 bits per heavy atom. The summed E-state index contributed by atoms with van der Waals surface area (Å²) in [6, 6.07) is 16.5. The van der Waals surface area contributed by atoms with E-state index in [-0.39, 0.29) is 29.3 Å². The van der Waals surface area contributed by atoms with Crippen LogP contribution in [0.2, 0.25) is 0 Å². The van der Waals surface area contributed by atoms with Gasteiger partial charge in [0.2, 0.25) is 21.8 Å². The van der Waals surface area contributed by atoms with Gasteiger partial charge in [-0.15, -0.1) is 16.4 Å². The Kier molecular flexibility index (Phi) is 7.87. The quantitative estimate of drug-likeness (QED) is 0.313. The van der Waals surface area contributed by atoms with Crippen LogP contribution in [0.3, 0.4) is 0 Å². The smallest absolute Gasteiger partial charge is 0.249 e. The van der Waals surface area contributed by atoms with Gasteiger partial charge in [0.25, 0.3) is 0 Å². The first-order valence-electron chi connectivity index (χ1n) is 14.0. The minimum atomic E-state index is -3.63. The molecule has 3 heterocycles. The highest BCUT2D eigenvalue weighted by molar-refractivity contribution is 7.89. The number of benzene rings is 2. The first kappa shape index (κ1) is 27.6. The number of rotatable bonds is 9. The molecule has 4 aromatic rings. The number of hydrogen-bond donors (Lipinski definition) is 1. The summed E-state index contributed by atoms with van der Waals surface area (Å²) in [5, 5.41) is 13.4. The zero-order valence-corrected chi connectivity index (χ0v) is 24.2. The molecule has 6 rings (SSSR count). The number of nitrogens with zero attached hydrogens (tertiary/aromatic N) is 5. The van der Waals surface area contributed by atoms with Crippen LogP contribution in [0.4, 0.5) is 5.69 Å². The van der Waals surface area contributed by atoms with Crippen molar-refractivity contribution in [3.05, 3.63) is 70.9 Å². The third-order valence-electron chi connectivity index (χ3n) is 7.81. The molecule has 0 spiro atoms. The standard InChI is InChI=1S/C29H32N6O4S2/c36-27(20-34-25-11-4-3-10-24(25)31-32-34)35(22-13-15-23(16-14-22)41(38,39)33-17-5-6-18-33)28(26-12-7-19-40-26)29(37)30-21-8-1-2-9-21/h3-4,7,10-16,19,21,28H,1-2,5-6,8-9,17-18,20H2,(H,30,37). The molecule has 2 aromatic carbocycles. The van der Waals surface area contributed by atoms with E-state index < -0.39 is 16.1 Å². The van der Waals surface area contributed by atoms with Gasteiger partial charge in [0.05, 0.1) is 10.4 Å². The van der Waals surface area contributed by atoms with Gasteiger partial charge in [-0.1, -0.05) is 36.3 Å². The van der Waals surface area contributed by atoms with Crippen LogP contribution in [0.15, 0.2) is 70.9 Å². The molecule has 2 aliphatic rings. The molecule has 1 aliphatic heterocycles. The lowest BCUT2D eigenvalue weighted by Gasteiger charge is -2.31. The largest absolute Gasteiger partial charge is 0.351 e. The number of amides is 2. The first-order valence-corrected chi connectivity index (χ1v) is 16.3. The lowest BCUT2D eigenvalue weighted by atomic mass is 10.1. The van der Waals surface area contributed by atoms with Crippen LogP contribution < -0.4 is 10.2 Å². The lowest BCUT2D eigenvalue weighted by Crippen LogP contribution is -2.47. The van der Waals surface area contributed by atoms with Crippen LogP contribution in [0, 0.1) is 0 Å². The summed E-state index contributed by atoms with van der Waals surface area (Å²) in [6.07, 6.45) is 5.62. The molecule has 12 heteroatoms. The summed E-state index contributed by atoms with van der Waals surface area (Å²) in [5.74, 6) is -0.624. The summed E-state index contributed by atoms with van der Waals surface area (Å²) in [4.78, 5) is 30.4. The number of sulfonamides is 1. The molecular weight excluding hydrogens is 560 g/mol. The van der Waals surface area contributed by atoms with Crippen LogP contribution in [0.1, 0.15) is 49.4 Å². The summed E-state index contributed by atoms with van der Waals surface area (Å²) < 4.78 is 29.4. The van der Waals surface area contributed by atoms with E-state index in [1.165, 1.54) is 37.4 Å². The molecule has 2 fully saturated rings. The minimum Gasteiger partial charge on any atom is -0.351 e. The van der Waals surface area contributed by atoms with E-state index in [1.807, 2.05) is 41.8 Å². The van der Waals surface area contributed by atoms with E-state index in [0.29, 0.717) is 34.7 Å². The zero-order valence-electron chi connectivity index (χ0n) is 22.6. The Hall–Kier alpha value is -3.61. The highest BCUT2D eigenvalue weighted by Crippen LogP contribution is 2.33. The monoisotopic (exact) mass is 592 g/mol. The van der Waals surface area contributed by atoms with Crippen molar-refractivity contribution in [2.45, 2.75) is 62.0 Å². The average molecular weight is 593 g/mol. The SMILES string of the molecule is O=C(NC1CCCC1)C(c1cccs1)N(C(=O)Cn1nnc2ccccc21)c1ccc(S(=O)(=O)N2CCCC2)cc1. The van der Waals surface area contributed by atoms with Gasteiger partial charge in [0.1, 0.15) is 18.1 Å². The summed E-state index contributed by atoms with van der Waals surface area (Å²) in [6.45, 7) is 0.859. The third kappa shape index (κ3) is 5.64. The maximum absolute atomic E-state index is 14.2. The number of thiophene rings is 1. The lowest BCUT2D eigenvalue weighted by molar-refractivity contribution is -0.127. The second-order valence-corrected chi connectivity index (χ2v) is 13.4. The van der Waals surface area contributed by atoms with Crippen molar-refractivity contribution in [1.82, 2.24) is 24.6 Å². The minimum absolute atomic E-state index is 0.0640. The molecule has 1 unspecified atom stereocenters. The summed E-state index contributed by atoms with van der Waals surface area (Å²) >= 11 is 1.40. The zero-order chi connectivity index (χ0) is 28.4. The van der Waals surface area contributed by atoms with Gasteiger partial charge in [-0.3, -0.25) is 14.5 Å². The number of carbonyl (C=O) groups is 2. The van der Waals surface area contributed by atoms with Crippen molar-refractivity contribution < 1.29 is 18.0 Å². The Bertz CT molecular complexity index is 1620. The second-order valence-electron chi connectivity index (χ2n) is 10.5. The van der Waals surface area contributed by atoms with Crippen LogP contribution in [0.25, 0.3) is 11.0 Å². The van der Waals surface area contributed by atoms with Gasteiger partial charge in [-0.2, -0.15) is 4.31 Å². The van der Waals surface area contributed by atoms with Gasteiger partial charge >= 0.3 is 0 Å². The molecule has 1 atom stereocenters. The molecule has 214 valence electrons. The Morgan fingerprint density at radius 2 is 1.71 bits per heavy atom. The molecule has 0 bridgehead atoms. The fraction of sp³-hybridized carbons (Fsp3) is 0.379. The fourth-order valence-corrected chi connectivity index (χ4v) is 8.03. The van der Waals surface area contributed by atoms with E-state index in [1.54, 1.807) is 12.1 Å². The molecule has 1 saturated heterocycles. The highest BCUT2D eigenvalue weighted by Gasteiger charge is 2.36. The third-order valence-corrected chi connectivity index (χ3v) is 10.7. The maximum Gasteiger partial charge on any atom is 0.249 e. The number of nitrogens with one attached hydrogen (secondary N) is 1. The first-order chi connectivity index (χ1) is 19.9. The van der Waals surface area contributed by atoms with Gasteiger partial charge < -0.3 is 5.32 Å². The number of hydrogen-bond acceptors (Lipinski definition) is 7. The van der Waals surface area contributed by atoms with E-state index >= 15 is 0 Å². The Labute approximate surface area is 243 Å². The molecule has 2 aromatic heterocycles. The topological polar surface area (TPSA) is 117 Å². The fourth-order valence-electron chi connectivity index (χ4n) is 5.70.